The van der Waals surface area contributed by atoms with E-state index in [9.17, 15) is 13.6 Å². The van der Waals surface area contributed by atoms with Gasteiger partial charge in [-0.2, -0.15) is 0 Å². The summed E-state index contributed by atoms with van der Waals surface area (Å²) in [6.45, 7) is 3.69. The first kappa shape index (κ1) is 17.8. The van der Waals surface area contributed by atoms with Crippen LogP contribution in [-0.2, 0) is 4.79 Å². The molecule has 1 aromatic carbocycles. The number of rotatable bonds is 5. The quantitative estimate of drug-likeness (QED) is 0.876. The summed E-state index contributed by atoms with van der Waals surface area (Å²) in [6.07, 6.45) is 0.476. The molecule has 0 radical (unpaired) electrons. The molecule has 1 amide bonds. The van der Waals surface area contributed by atoms with Crippen molar-refractivity contribution in [1.82, 2.24) is 5.32 Å². The summed E-state index contributed by atoms with van der Waals surface area (Å²) in [5.74, 6) is -1.65. The van der Waals surface area contributed by atoms with Gasteiger partial charge in [0.2, 0.25) is 5.91 Å². The molecule has 2 unspecified atom stereocenters. The largest absolute Gasteiger partial charge is 0.349 e. The number of halogens is 3. The van der Waals surface area contributed by atoms with Crippen LogP contribution in [-0.4, -0.2) is 12.5 Å². The van der Waals surface area contributed by atoms with Crippen molar-refractivity contribution in [3.63, 3.8) is 0 Å². The number of nitrogens with one attached hydrogen (secondary N) is 1. The van der Waals surface area contributed by atoms with E-state index in [1.807, 2.05) is 0 Å². The van der Waals surface area contributed by atoms with E-state index in [0.29, 0.717) is 6.42 Å². The first-order chi connectivity index (χ1) is 8.49. The van der Waals surface area contributed by atoms with Gasteiger partial charge in [-0.3, -0.25) is 4.79 Å². The van der Waals surface area contributed by atoms with Gasteiger partial charge in [0.1, 0.15) is 11.6 Å². The second-order valence-electron chi connectivity index (χ2n) is 4.27. The van der Waals surface area contributed by atoms with Crippen LogP contribution in [0.15, 0.2) is 18.2 Å². The molecule has 1 aromatic rings. The molecule has 0 bridgehead atoms. The maximum atomic E-state index is 13.6. The maximum absolute atomic E-state index is 13.6. The Balaban J connectivity index is 0.00000324. The zero-order chi connectivity index (χ0) is 13.7. The third-order valence-corrected chi connectivity index (χ3v) is 2.86. The SMILES string of the molecule is CCC(NC(=O)C(C)CN)c1cc(F)ccc1F.Cl. The maximum Gasteiger partial charge on any atom is 0.224 e. The molecular weight excluding hydrogens is 274 g/mol. The molecule has 0 aliphatic heterocycles. The van der Waals surface area contributed by atoms with Gasteiger partial charge in [-0.15, -0.1) is 12.4 Å². The number of benzene rings is 1. The van der Waals surface area contributed by atoms with Crippen LogP contribution < -0.4 is 11.1 Å². The third-order valence-electron chi connectivity index (χ3n) is 2.86. The standard InChI is InChI=1S/C13H18F2N2O.ClH/c1-3-12(17-13(18)8(2)7-16)10-6-9(14)4-5-11(10)15;/h4-6,8,12H,3,7,16H2,1-2H3,(H,17,18);1H. The number of hydrogen-bond donors (Lipinski definition) is 2. The Labute approximate surface area is 118 Å². The Morgan fingerprint density at radius 2 is 2.05 bits per heavy atom. The third kappa shape index (κ3) is 4.76. The average molecular weight is 293 g/mol. The summed E-state index contributed by atoms with van der Waals surface area (Å²) in [7, 11) is 0. The second-order valence-corrected chi connectivity index (χ2v) is 4.27. The molecule has 0 fully saturated rings. The van der Waals surface area contributed by atoms with Gasteiger partial charge in [-0.25, -0.2) is 8.78 Å². The van der Waals surface area contributed by atoms with Gasteiger partial charge in [0.05, 0.1) is 6.04 Å². The summed E-state index contributed by atoms with van der Waals surface area (Å²) in [5.41, 5.74) is 5.55. The van der Waals surface area contributed by atoms with Crippen LogP contribution in [0.4, 0.5) is 8.78 Å². The van der Waals surface area contributed by atoms with Gasteiger partial charge in [0.15, 0.2) is 0 Å². The van der Waals surface area contributed by atoms with Crippen LogP contribution in [0.25, 0.3) is 0 Å². The van der Waals surface area contributed by atoms with Crippen LogP contribution in [0.1, 0.15) is 31.9 Å². The van der Waals surface area contributed by atoms with Crippen molar-refractivity contribution >= 4 is 18.3 Å². The Morgan fingerprint density at radius 3 is 2.58 bits per heavy atom. The van der Waals surface area contributed by atoms with E-state index in [0.717, 1.165) is 18.2 Å². The van der Waals surface area contributed by atoms with Crippen molar-refractivity contribution in [1.29, 1.82) is 0 Å². The molecule has 3 nitrogen and oxygen atoms in total. The topological polar surface area (TPSA) is 55.1 Å². The van der Waals surface area contributed by atoms with Crippen LogP contribution >= 0.6 is 12.4 Å². The van der Waals surface area contributed by atoms with Gasteiger partial charge in [-0.05, 0) is 24.6 Å². The molecule has 0 saturated heterocycles. The highest BCUT2D eigenvalue weighted by molar-refractivity contribution is 5.85. The monoisotopic (exact) mass is 292 g/mol. The van der Waals surface area contributed by atoms with Gasteiger partial charge in [0.25, 0.3) is 0 Å². The van der Waals surface area contributed by atoms with E-state index in [1.165, 1.54) is 0 Å². The van der Waals surface area contributed by atoms with Crippen LogP contribution in [0.5, 0.6) is 0 Å². The minimum atomic E-state index is -0.540. The van der Waals surface area contributed by atoms with Crippen molar-refractivity contribution in [2.75, 3.05) is 6.54 Å². The molecule has 1 rings (SSSR count). The minimum absolute atomic E-state index is 0. The average Bonchev–Trinajstić information content (AvgIpc) is 2.37. The van der Waals surface area contributed by atoms with E-state index >= 15 is 0 Å². The van der Waals surface area contributed by atoms with E-state index in [2.05, 4.69) is 5.32 Å². The number of hydrogen-bond acceptors (Lipinski definition) is 2. The molecule has 0 aliphatic rings. The fourth-order valence-corrected chi connectivity index (χ4v) is 1.60. The van der Waals surface area contributed by atoms with Crippen molar-refractivity contribution < 1.29 is 13.6 Å². The summed E-state index contributed by atoms with van der Waals surface area (Å²) in [4.78, 5) is 11.7. The zero-order valence-corrected chi connectivity index (χ0v) is 11.8. The van der Waals surface area contributed by atoms with E-state index in [1.54, 1.807) is 13.8 Å². The van der Waals surface area contributed by atoms with E-state index < -0.39 is 17.7 Å². The highest BCUT2D eigenvalue weighted by Gasteiger charge is 2.19. The van der Waals surface area contributed by atoms with Crippen LogP contribution in [0, 0.1) is 17.6 Å². The fourth-order valence-electron chi connectivity index (χ4n) is 1.60. The van der Waals surface area contributed by atoms with Gasteiger partial charge < -0.3 is 11.1 Å². The molecule has 0 spiro atoms. The number of carbonyl (C=O) groups is 1. The predicted molar refractivity (Wildman–Crippen MR) is 73.0 cm³/mol. The van der Waals surface area contributed by atoms with Gasteiger partial charge >= 0.3 is 0 Å². The molecule has 3 N–H and O–H groups in total. The van der Waals surface area contributed by atoms with E-state index in [-0.39, 0.29) is 36.3 Å². The second kappa shape index (κ2) is 8.07. The first-order valence-electron chi connectivity index (χ1n) is 5.95. The summed E-state index contributed by atoms with van der Waals surface area (Å²) >= 11 is 0. The smallest absolute Gasteiger partial charge is 0.224 e. The first-order valence-corrected chi connectivity index (χ1v) is 5.95. The van der Waals surface area contributed by atoms with Crippen molar-refractivity contribution in [2.45, 2.75) is 26.3 Å². The molecule has 0 saturated carbocycles. The van der Waals surface area contributed by atoms with Crippen LogP contribution in [0.2, 0.25) is 0 Å². The molecule has 108 valence electrons. The van der Waals surface area contributed by atoms with Crippen molar-refractivity contribution in [3.8, 4) is 0 Å². The van der Waals surface area contributed by atoms with Gasteiger partial charge in [-0.1, -0.05) is 13.8 Å². The normalized spacial score (nSPS) is 13.3. The summed E-state index contributed by atoms with van der Waals surface area (Å²) in [6, 6.07) is 2.68. The highest BCUT2D eigenvalue weighted by atomic mass is 35.5. The lowest BCUT2D eigenvalue weighted by atomic mass is 10.0. The molecule has 6 heteroatoms. The molecule has 0 heterocycles. The van der Waals surface area contributed by atoms with Crippen molar-refractivity contribution in [2.24, 2.45) is 11.7 Å². The van der Waals surface area contributed by atoms with Gasteiger partial charge in [0, 0.05) is 18.0 Å². The molecule has 19 heavy (non-hydrogen) atoms. The number of amides is 1. The lowest BCUT2D eigenvalue weighted by Gasteiger charge is -2.20. The molecule has 0 aromatic heterocycles. The Morgan fingerprint density at radius 1 is 1.42 bits per heavy atom. The highest BCUT2D eigenvalue weighted by Crippen LogP contribution is 2.21. The molecular formula is C13H19ClF2N2O. The lowest BCUT2D eigenvalue weighted by molar-refractivity contribution is -0.125. The fraction of sp³-hybridized carbons (Fsp3) is 0.462. The Bertz CT molecular complexity index is 429. The number of carbonyl (C=O) groups excluding carboxylic acids is 1. The number of nitrogens with two attached hydrogens (primary N) is 1. The Kier molecular flexibility index (Phi) is 7.56. The summed E-state index contributed by atoms with van der Waals surface area (Å²) in [5, 5.41) is 2.68. The molecule has 2 atom stereocenters. The summed E-state index contributed by atoms with van der Waals surface area (Å²) < 4.78 is 26.7. The molecule has 0 aliphatic carbocycles. The zero-order valence-electron chi connectivity index (χ0n) is 11.0. The Hall–Kier alpha value is -1.20. The predicted octanol–water partition coefficient (Wildman–Crippen LogP) is 2.55. The van der Waals surface area contributed by atoms with Crippen molar-refractivity contribution in [3.05, 3.63) is 35.4 Å². The lowest BCUT2D eigenvalue weighted by Crippen LogP contribution is -2.36. The minimum Gasteiger partial charge on any atom is -0.349 e. The van der Waals surface area contributed by atoms with E-state index in [4.69, 9.17) is 5.73 Å². The van der Waals surface area contributed by atoms with Crippen LogP contribution in [0.3, 0.4) is 0 Å².